The minimum Gasteiger partial charge on any atom is -0.493 e. The van der Waals surface area contributed by atoms with Gasteiger partial charge in [0.1, 0.15) is 6.61 Å². The van der Waals surface area contributed by atoms with Crippen molar-refractivity contribution >= 4 is 50.0 Å². The van der Waals surface area contributed by atoms with Crippen LogP contribution in [0.4, 0.5) is 0 Å². The highest BCUT2D eigenvalue weighted by Crippen LogP contribution is 2.41. The number of hydrogen-bond acceptors (Lipinski definition) is 4. The number of para-hydroxylation sites is 1. The normalized spacial score (nSPS) is 12.0. The molecule has 33 heavy (non-hydrogen) atoms. The molecule has 0 spiro atoms. The van der Waals surface area contributed by atoms with Gasteiger partial charge < -0.3 is 14.5 Å². The number of benzene rings is 3. The first-order valence-electron chi connectivity index (χ1n) is 9.99. The summed E-state index contributed by atoms with van der Waals surface area (Å²) in [6.45, 7) is -0.0209. The van der Waals surface area contributed by atoms with Gasteiger partial charge in [0.25, 0.3) is 0 Å². The van der Waals surface area contributed by atoms with Gasteiger partial charge in [-0.05, 0) is 63.0 Å². The number of aromatic amines is 1. The Kier molecular flexibility index (Phi) is 7.12. The molecule has 9 heteroatoms. The number of rotatable bonds is 8. The maximum Gasteiger partial charge on any atom is 0.214 e. The lowest BCUT2D eigenvalue weighted by atomic mass is 9.90. The first kappa shape index (κ1) is 23.4. The molecule has 0 saturated carbocycles. The summed E-state index contributed by atoms with van der Waals surface area (Å²) in [5, 5.41) is 13.4. The van der Waals surface area contributed by atoms with E-state index in [-0.39, 0.29) is 18.1 Å². The van der Waals surface area contributed by atoms with E-state index >= 15 is 0 Å². The lowest BCUT2D eigenvalue weighted by molar-refractivity contribution is -0.481. The second kappa shape index (κ2) is 10.0. The van der Waals surface area contributed by atoms with Crippen LogP contribution in [0.5, 0.6) is 11.5 Å². The average Bonchev–Trinajstić information content (AvgIpc) is 3.22. The summed E-state index contributed by atoms with van der Waals surface area (Å²) < 4.78 is 12.2. The van der Waals surface area contributed by atoms with E-state index in [9.17, 15) is 10.1 Å². The minimum atomic E-state index is -0.481. The molecule has 0 amide bonds. The Morgan fingerprint density at radius 1 is 1.12 bits per heavy atom. The summed E-state index contributed by atoms with van der Waals surface area (Å²) >= 11 is 15.6. The second-order valence-corrected chi connectivity index (χ2v) is 9.10. The van der Waals surface area contributed by atoms with E-state index < -0.39 is 5.92 Å². The molecule has 0 saturated heterocycles. The summed E-state index contributed by atoms with van der Waals surface area (Å²) in [5.74, 6) is 0.476. The Hall–Kier alpha value is -2.74. The molecule has 4 rings (SSSR count). The minimum absolute atomic E-state index is 0.242. The number of nitrogens with one attached hydrogen (secondary N) is 1. The monoisotopic (exact) mass is 548 g/mol. The van der Waals surface area contributed by atoms with Crippen LogP contribution in [0.25, 0.3) is 10.9 Å². The highest BCUT2D eigenvalue weighted by atomic mass is 79.9. The highest BCUT2D eigenvalue weighted by molar-refractivity contribution is 9.10. The van der Waals surface area contributed by atoms with Crippen LogP contribution in [0.2, 0.25) is 10.0 Å². The van der Waals surface area contributed by atoms with Crippen LogP contribution in [0.15, 0.2) is 65.3 Å². The summed E-state index contributed by atoms with van der Waals surface area (Å²) in [5.41, 5.74) is 3.35. The largest absolute Gasteiger partial charge is 0.493 e. The van der Waals surface area contributed by atoms with Gasteiger partial charge >= 0.3 is 0 Å². The lowest BCUT2D eigenvalue weighted by Crippen LogP contribution is -2.14. The zero-order valence-electron chi connectivity index (χ0n) is 17.5. The van der Waals surface area contributed by atoms with Crippen LogP contribution in [-0.4, -0.2) is 23.6 Å². The van der Waals surface area contributed by atoms with Crippen LogP contribution in [0.3, 0.4) is 0 Å². The number of methoxy groups -OCH3 is 1. The van der Waals surface area contributed by atoms with Gasteiger partial charge in [-0.2, -0.15) is 0 Å². The predicted molar refractivity (Wildman–Crippen MR) is 133 cm³/mol. The van der Waals surface area contributed by atoms with Crippen LogP contribution >= 0.6 is 39.1 Å². The molecule has 3 aromatic carbocycles. The van der Waals surface area contributed by atoms with Gasteiger partial charge in [0, 0.05) is 22.0 Å². The number of fused-ring (bicyclic) bond motifs is 1. The van der Waals surface area contributed by atoms with Crippen molar-refractivity contribution in [3.63, 3.8) is 0 Å². The summed E-state index contributed by atoms with van der Waals surface area (Å²) in [6, 6.07) is 16.6. The van der Waals surface area contributed by atoms with Crippen LogP contribution in [0.1, 0.15) is 22.6 Å². The number of nitrogens with zero attached hydrogens (tertiary/aromatic N) is 1. The molecular formula is C24H19BrCl2N2O4. The van der Waals surface area contributed by atoms with Gasteiger partial charge in [-0.25, -0.2) is 0 Å². The van der Waals surface area contributed by atoms with Gasteiger partial charge in [0.05, 0.1) is 27.5 Å². The molecular weight excluding hydrogens is 531 g/mol. The van der Waals surface area contributed by atoms with E-state index in [0.717, 1.165) is 27.6 Å². The topological polar surface area (TPSA) is 77.4 Å². The molecule has 0 aliphatic rings. The fourth-order valence-corrected chi connectivity index (χ4v) is 4.68. The molecule has 1 N–H and O–H groups in total. The SMILES string of the molecule is COc1cc([C@H](C[N+](=O)[O-])c2c[nH]c3ccccc23)cc(Br)c1OCc1ccc(Cl)c(Cl)c1. The Balaban J connectivity index is 1.69. The van der Waals surface area contributed by atoms with Crippen LogP contribution in [-0.2, 0) is 6.61 Å². The zero-order chi connectivity index (χ0) is 23.5. The first-order valence-corrected chi connectivity index (χ1v) is 11.5. The van der Waals surface area contributed by atoms with Gasteiger partial charge in [-0.1, -0.05) is 47.5 Å². The quantitative estimate of drug-likeness (QED) is 0.186. The number of aromatic nitrogens is 1. The van der Waals surface area contributed by atoms with Gasteiger partial charge in [0.2, 0.25) is 6.54 Å². The van der Waals surface area contributed by atoms with E-state index in [1.807, 2.05) is 42.6 Å². The van der Waals surface area contributed by atoms with Gasteiger partial charge in [-0.15, -0.1) is 0 Å². The number of ether oxygens (including phenoxy) is 2. The lowest BCUT2D eigenvalue weighted by Gasteiger charge is -2.18. The van der Waals surface area contributed by atoms with E-state index in [4.69, 9.17) is 32.7 Å². The van der Waals surface area contributed by atoms with Crippen molar-refractivity contribution in [3.05, 3.63) is 102 Å². The molecule has 0 fully saturated rings. The third-order valence-corrected chi connectivity index (χ3v) is 6.68. The van der Waals surface area contributed by atoms with Crippen molar-refractivity contribution in [1.29, 1.82) is 0 Å². The van der Waals surface area contributed by atoms with Crippen molar-refractivity contribution in [2.24, 2.45) is 0 Å². The van der Waals surface area contributed by atoms with Crippen molar-refractivity contribution in [2.45, 2.75) is 12.5 Å². The maximum atomic E-state index is 11.5. The summed E-state index contributed by atoms with van der Waals surface area (Å²) in [7, 11) is 1.53. The smallest absolute Gasteiger partial charge is 0.214 e. The molecule has 0 aliphatic carbocycles. The fourth-order valence-electron chi connectivity index (χ4n) is 3.78. The van der Waals surface area contributed by atoms with Crippen molar-refractivity contribution in [1.82, 2.24) is 4.98 Å². The Bertz CT molecular complexity index is 1330. The fraction of sp³-hybridized carbons (Fsp3) is 0.167. The molecule has 1 heterocycles. The van der Waals surface area contributed by atoms with Crippen molar-refractivity contribution in [2.75, 3.05) is 13.7 Å². The number of H-pyrrole nitrogens is 1. The molecule has 1 aromatic heterocycles. The standard InChI is InChI=1S/C24H19BrCl2N2O4/c1-32-23-10-15(9-19(25)24(23)33-13-14-6-7-20(26)21(27)8-14)18(12-29(30)31)17-11-28-22-5-3-2-4-16(17)22/h2-11,18,28H,12-13H2,1H3/t18-/m0/s1. The second-order valence-electron chi connectivity index (χ2n) is 7.43. The maximum absolute atomic E-state index is 11.5. The third kappa shape index (κ3) is 5.11. The molecule has 170 valence electrons. The summed E-state index contributed by atoms with van der Waals surface area (Å²) in [4.78, 5) is 14.4. The predicted octanol–water partition coefficient (Wildman–Crippen LogP) is 7.23. The van der Waals surface area contributed by atoms with E-state index in [2.05, 4.69) is 20.9 Å². The molecule has 6 nitrogen and oxygen atoms in total. The zero-order valence-corrected chi connectivity index (χ0v) is 20.6. The molecule has 0 radical (unpaired) electrons. The molecule has 1 atom stereocenters. The molecule has 0 bridgehead atoms. The van der Waals surface area contributed by atoms with E-state index in [0.29, 0.717) is 26.0 Å². The van der Waals surface area contributed by atoms with Crippen LogP contribution < -0.4 is 9.47 Å². The number of halogens is 3. The highest BCUT2D eigenvalue weighted by Gasteiger charge is 2.26. The average molecular weight is 550 g/mol. The number of hydrogen-bond donors (Lipinski definition) is 1. The number of nitro groups is 1. The van der Waals surface area contributed by atoms with Gasteiger partial charge in [-0.3, -0.25) is 10.1 Å². The van der Waals surface area contributed by atoms with Gasteiger partial charge in [0.15, 0.2) is 11.5 Å². The third-order valence-electron chi connectivity index (χ3n) is 5.35. The van der Waals surface area contributed by atoms with E-state index in [1.165, 1.54) is 7.11 Å². The molecule has 4 aromatic rings. The Morgan fingerprint density at radius 3 is 2.64 bits per heavy atom. The van der Waals surface area contributed by atoms with Crippen LogP contribution in [0, 0.1) is 10.1 Å². The van der Waals surface area contributed by atoms with Crippen molar-refractivity contribution < 1.29 is 14.4 Å². The first-order chi connectivity index (χ1) is 15.9. The Labute approximate surface area is 208 Å². The molecule has 0 aliphatic heterocycles. The van der Waals surface area contributed by atoms with Crippen molar-refractivity contribution in [3.8, 4) is 11.5 Å². The molecule has 0 unspecified atom stereocenters. The van der Waals surface area contributed by atoms with E-state index in [1.54, 1.807) is 18.2 Å². The Morgan fingerprint density at radius 2 is 1.91 bits per heavy atom. The summed E-state index contributed by atoms with van der Waals surface area (Å²) in [6.07, 6.45) is 1.83.